The van der Waals surface area contributed by atoms with E-state index < -0.39 is 5.91 Å². The van der Waals surface area contributed by atoms with Crippen molar-refractivity contribution in [1.29, 1.82) is 0 Å². The van der Waals surface area contributed by atoms with Gasteiger partial charge in [0.05, 0.1) is 29.9 Å². The minimum Gasteiger partial charge on any atom is -0.493 e. The molecule has 0 radical (unpaired) electrons. The van der Waals surface area contributed by atoms with E-state index in [0.717, 1.165) is 15.5 Å². The summed E-state index contributed by atoms with van der Waals surface area (Å²) in [6.07, 6.45) is 2.26. The number of hydrogen-bond donors (Lipinski definition) is 2. The minimum absolute atomic E-state index is 0.164. The number of nitrogens with zero attached hydrogens (tertiary/aromatic N) is 1. The Kier molecular flexibility index (Phi) is 7.26. The number of allylic oxidation sites excluding steroid dienone is 1. The number of carbonyl (C=O) groups is 2. The number of thiazole rings is 1. The van der Waals surface area contributed by atoms with E-state index in [0.29, 0.717) is 28.6 Å². The topological polar surface area (TPSA) is 104 Å². The molecule has 0 atom stereocenters. The molecule has 0 fully saturated rings. The smallest absolute Gasteiger partial charge is 0.257 e. The fourth-order valence-electron chi connectivity index (χ4n) is 2.36. The summed E-state index contributed by atoms with van der Waals surface area (Å²) < 4.78 is 11.6. The number of thioether (sulfide) groups is 1. The van der Waals surface area contributed by atoms with E-state index in [9.17, 15) is 9.59 Å². The van der Waals surface area contributed by atoms with E-state index in [2.05, 4.69) is 16.9 Å². The summed E-state index contributed by atoms with van der Waals surface area (Å²) in [6, 6.07) is 3.35. The molecule has 1 aromatic heterocycles. The average molecular weight is 408 g/mol. The van der Waals surface area contributed by atoms with Crippen molar-refractivity contribution in [3.8, 4) is 11.5 Å². The lowest BCUT2D eigenvalue weighted by atomic mass is 10.1. The zero-order valence-corrected chi connectivity index (χ0v) is 17.0. The molecular weight excluding hydrogens is 386 g/mol. The van der Waals surface area contributed by atoms with Crippen molar-refractivity contribution in [3.63, 3.8) is 0 Å². The third-order valence-corrected chi connectivity index (χ3v) is 5.96. The Morgan fingerprint density at radius 2 is 2.11 bits per heavy atom. The first-order valence-corrected chi connectivity index (χ1v) is 9.75. The van der Waals surface area contributed by atoms with Crippen molar-refractivity contribution in [3.05, 3.63) is 41.6 Å². The fourth-order valence-corrected chi connectivity index (χ4v) is 4.23. The van der Waals surface area contributed by atoms with E-state index >= 15 is 0 Å². The normalized spacial score (nSPS) is 10.3. The van der Waals surface area contributed by atoms with Crippen LogP contribution in [0.5, 0.6) is 11.5 Å². The van der Waals surface area contributed by atoms with Crippen molar-refractivity contribution in [2.24, 2.45) is 5.73 Å². The number of methoxy groups -OCH3 is 2. The standard InChI is InChI=1S/C18H21N3O4S2/c1-5-6-11-7-12(8-13(24-3)15(11)25-4)16(23)21-18-20-10(2)17(27-18)26-9-14(19)22/h5,7-8H,1,6,9H2,2-4H3,(H2,19,22)(H,20,21,23). The van der Waals surface area contributed by atoms with Gasteiger partial charge in [-0.15, -0.1) is 18.3 Å². The largest absolute Gasteiger partial charge is 0.493 e. The van der Waals surface area contributed by atoms with Crippen LogP contribution in [0.2, 0.25) is 0 Å². The number of nitrogens with one attached hydrogen (secondary N) is 1. The molecule has 0 unspecified atom stereocenters. The van der Waals surface area contributed by atoms with E-state index in [1.807, 2.05) is 6.92 Å². The summed E-state index contributed by atoms with van der Waals surface area (Å²) >= 11 is 2.60. The van der Waals surface area contributed by atoms with Gasteiger partial charge in [0.1, 0.15) is 0 Å². The zero-order chi connectivity index (χ0) is 20.0. The first-order chi connectivity index (χ1) is 12.9. The first-order valence-electron chi connectivity index (χ1n) is 7.95. The molecule has 7 nitrogen and oxygen atoms in total. The summed E-state index contributed by atoms with van der Waals surface area (Å²) in [4.78, 5) is 27.9. The number of aryl methyl sites for hydroxylation is 1. The average Bonchev–Trinajstić information content (AvgIpc) is 2.98. The molecule has 144 valence electrons. The van der Waals surface area contributed by atoms with Crippen molar-refractivity contribution in [2.75, 3.05) is 25.3 Å². The van der Waals surface area contributed by atoms with E-state index in [-0.39, 0.29) is 11.7 Å². The second-order valence-electron chi connectivity index (χ2n) is 5.46. The number of anilines is 1. The molecule has 0 spiro atoms. The van der Waals surface area contributed by atoms with Gasteiger partial charge in [-0.2, -0.15) is 0 Å². The second kappa shape index (κ2) is 9.43. The highest BCUT2D eigenvalue weighted by Crippen LogP contribution is 2.35. The van der Waals surface area contributed by atoms with Gasteiger partial charge in [-0.1, -0.05) is 17.4 Å². The van der Waals surface area contributed by atoms with Crippen molar-refractivity contribution < 1.29 is 19.1 Å². The van der Waals surface area contributed by atoms with Gasteiger partial charge in [0.25, 0.3) is 5.91 Å². The van der Waals surface area contributed by atoms with E-state index in [4.69, 9.17) is 15.2 Å². The molecule has 1 heterocycles. The molecule has 1 aromatic carbocycles. The number of rotatable bonds is 9. The van der Waals surface area contributed by atoms with Gasteiger partial charge in [-0.05, 0) is 25.5 Å². The molecule has 9 heteroatoms. The Hall–Kier alpha value is -2.52. The van der Waals surface area contributed by atoms with Crippen LogP contribution in [0.15, 0.2) is 29.0 Å². The predicted molar refractivity (Wildman–Crippen MR) is 108 cm³/mol. The monoisotopic (exact) mass is 407 g/mol. The van der Waals surface area contributed by atoms with Gasteiger partial charge in [0, 0.05) is 11.1 Å². The summed E-state index contributed by atoms with van der Waals surface area (Å²) in [5.41, 5.74) is 7.12. The Balaban J connectivity index is 2.25. The fraction of sp³-hybridized carbons (Fsp3) is 0.278. The van der Waals surface area contributed by atoms with E-state index in [1.165, 1.54) is 30.2 Å². The molecule has 2 rings (SSSR count). The molecule has 27 heavy (non-hydrogen) atoms. The summed E-state index contributed by atoms with van der Waals surface area (Å²) in [6.45, 7) is 5.54. The second-order valence-corrected chi connectivity index (χ2v) is 7.71. The first kappa shape index (κ1) is 20.8. The van der Waals surface area contributed by atoms with Crippen molar-refractivity contribution in [1.82, 2.24) is 4.98 Å². The van der Waals surface area contributed by atoms with Crippen LogP contribution in [-0.4, -0.2) is 36.8 Å². The zero-order valence-electron chi connectivity index (χ0n) is 15.3. The number of aromatic nitrogens is 1. The van der Waals surface area contributed by atoms with Gasteiger partial charge in [-0.25, -0.2) is 4.98 Å². The van der Waals surface area contributed by atoms with Gasteiger partial charge in [-0.3, -0.25) is 14.9 Å². The predicted octanol–water partition coefficient (Wildman–Crippen LogP) is 3.03. The molecule has 0 saturated carbocycles. The molecular formula is C18H21N3O4S2. The third kappa shape index (κ3) is 5.24. The quantitative estimate of drug-likeness (QED) is 0.489. The molecule has 2 amide bonds. The number of ether oxygens (including phenoxy) is 2. The number of carbonyl (C=O) groups excluding carboxylic acids is 2. The highest BCUT2D eigenvalue weighted by atomic mass is 32.2. The number of benzene rings is 1. The highest BCUT2D eigenvalue weighted by molar-refractivity contribution is 8.01. The van der Waals surface area contributed by atoms with Crippen molar-refractivity contribution >= 4 is 40.0 Å². The maximum atomic E-state index is 12.7. The van der Waals surface area contributed by atoms with Crippen LogP contribution < -0.4 is 20.5 Å². The van der Waals surface area contributed by atoms with Gasteiger partial charge < -0.3 is 15.2 Å². The lowest BCUT2D eigenvalue weighted by Crippen LogP contribution is -2.13. The van der Waals surface area contributed by atoms with Gasteiger partial charge in [0.2, 0.25) is 5.91 Å². The highest BCUT2D eigenvalue weighted by Gasteiger charge is 2.17. The lowest BCUT2D eigenvalue weighted by Gasteiger charge is -2.14. The molecule has 0 aliphatic rings. The van der Waals surface area contributed by atoms with Crippen LogP contribution in [-0.2, 0) is 11.2 Å². The van der Waals surface area contributed by atoms with Crippen LogP contribution in [0.1, 0.15) is 21.6 Å². The summed E-state index contributed by atoms with van der Waals surface area (Å²) in [7, 11) is 3.07. The summed E-state index contributed by atoms with van der Waals surface area (Å²) in [5.74, 6) is 0.482. The molecule has 0 bridgehead atoms. The number of primary amides is 1. The summed E-state index contributed by atoms with van der Waals surface area (Å²) in [5, 5.41) is 3.23. The number of nitrogens with two attached hydrogens (primary N) is 1. The lowest BCUT2D eigenvalue weighted by molar-refractivity contribution is -0.115. The Morgan fingerprint density at radius 1 is 1.37 bits per heavy atom. The maximum Gasteiger partial charge on any atom is 0.257 e. The molecule has 0 aliphatic heterocycles. The van der Waals surface area contributed by atoms with Gasteiger partial charge in [0.15, 0.2) is 16.6 Å². The van der Waals surface area contributed by atoms with Gasteiger partial charge >= 0.3 is 0 Å². The number of amides is 2. The number of hydrogen-bond acceptors (Lipinski definition) is 7. The Bertz CT molecular complexity index is 865. The minimum atomic E-state index is -0.404. The Morgan fingerprint density at radius 3 is 2.70 bits per heavy atom. The molecule has 2 aromatic rings. The third-order valence-electron chi connectivity index (χ3n) is 3.50. The molecule has 0 saturated heterocycles. The van der Waals surface area contributed by atoms with Crippen LogP contribution in [0, 0.1) is 6.92 Å². The maximum absolute atomic E-state index is 12.7. The SMILES string of the molecule is C=CCc1cc(C(=O)Nc2nc(C)c(SCC(N)=O)s2)cc(OC)c1OC. The molecule has 0 aliphatic carbocycles. The molecule has 3 N–H and O–H groups in total. The van der Waals surface area contributed by atoms with Crippen LogP contribution in [0.4, 0.5) is 5.13 Å². The van der Waals surface area contributed by atoms with Crippen molar-refractivity contribution in [2.45, 2.75) is 17.6 Å². The van der Waals surface area contributed by atoms with Crippen LogP contribution >= 0.6 is 23.1 Å². The Labute approximate surface area is 166 Å². The van der Waals surface area contributed by atoms with Crippen LogP contribution in [0.3, 0.4) is 0 Å². The van der Waals surface area contributed by atoms with E-state index in [1.54, 1.807) is 25.3 Å². The van der Waals surface area contributed by atoms with Crippen LogP contribution in [0.25, 0.3) is 0 Å².